The normalized spacial score (nSPS) is 10.5. The number of carbonyl (C=O) groups is 1. The summed E-state index contributed by atoms with van der Waals surface area (Å²) in [7, 11) is 0. The van der Waals surface area contributed by atoms with Gasteiger partial charge in [-0.15, -0.1) is 11.8 Å². The highest BCUT2D eigenvalue weighted by atomic mass is 32.2. The molecule has 0 bridgehead atoms. The minimum Gasteiger partial charge on any atom is -0.290 e. The molecule has 0 spiro atoms. The Bertz CT molecular complexity index is 673. The lowest BCUT2D eigenvalue weighted by molar-refractivity contribution is 0.0953. The molecule has 2 aromatic carbocycles. The summed E-state index contributed by atoms with van der Waals surface area (Å²) >= 11 is 1.55. The summed E-state index contributed by atoms with van der Waals surface area (Å²) in [5.74, 6) is 4.81. The number of hydrogen-bond donors (Lipinski definition) is 2. The highest BCUT2D eigenvalue weighted by Crippen LogP contribution is 2.28. The smallest absolute Gasteiger partial charge is 0.265 e. The van der Waals surface area contributed by atoms with E-state index in [0.29, 0.717) is 16.9 Å². The van der Waals surface area contributed by atoms with Crippen LogP contribution >= 0.6 is 11.8 Å². The van der Waals surface area contributed by atoms with Gasteiger partial charge in [-0.3, -0.25) is 10.2 Å². The number of nitrogens with one attached hydrogen (secondary N) is 1. The first-order valence-corrected chi connectivity index (χ1v) is 7.49. The fourth-order valence-corrected chi connectivity index (χ4v) is 3.03. The second-order valence-corrected chi connectivity index (χ2v) is 5.85. The average Bonchev–Trinajstić information content (AvgIpc) is 2.48. The Kier molecular flexibility index (Phi) is 4.98. The van der Waals surface area contributed by atoms with Crippen molar-refractivity contribution in [2.45, 2.75) is 24.5 Å². The first kappa shape index (κ1) is 15.5. The van der Waals surface area contributed by atoms with Crippen LogP contribution in [0.15, 0.2) is 41.3 Å². The molecule has 0 radical (unpaired) electrons. The minimum atomic E-state index is -0.423. The molecule has 1 amide bonds. The molecular formula is C16H17FN2OS. The van der Waals surface area contributed by atoms with E-state index in [0.717, 1.165) is 10.5 Å². The number of hydrazine groups is 1. The van der Waals surface area contributed by atoms with Gasteiger partial charge in [-0.1, -0.05) is 17.7 Å². The van der Waals surface area contributed by atoms with Crippen LogP contribution in [0.3, 0.4) is 0 Å². The molecule has 110 valence electrons. The van der Waals surface area contributed by atoms with E-state index in [1.807, 2.05) is 26.0 Å². The van der Waals surface area contributed by atoms with Gasteiger partial charge in [0.2, 0.25) is 0 Å². The van der Waals surface area contributed by atoms with Gasteiger partial charge in [0.1, 0.15) is 5.82 Å². The molecule has 0 saturated heterocycles. The molecule has 5 heteroatoms. The van der Waals surface area contributed by atoms with Crippen molar-refractivity contribution in [3.63, 3.8) is 0 Å². The number of hydrogen-bond acceptors (Lipinski definition) is 3. The third kappa shape index (κ3) is 3.83. The van der Waals surface area contributed by atoms with Gasteiger partial charge in [-0.05, 0) is 49.2 Å². The number of halogens is 1. The third-order valence-corrected chi connectivity index (χ3v) is 4.37. The van der Waals surface area contributed by atoms with E-state index < -0.39 is 5.91 Å². The number of thioether (sulfide) groups is 1. The van der Waals surface area contributed by atoms with E-state index in [1.54, 1.807) is 11.8 Å². The van der Waals surface area contributed by atoms with Crippen LogP contribution in [0.2, 0.25) is 0 Å². The van der Waals surface area contributed by atoms with E-state index in [4.69, 9.17) is 5.84 Å². The fourth-order valence-electron chi connectivity index (χ4n) is 1.93. The first-order chi connectivity index (χ1) is 10.0. The molecule has 2 rings (SSSR count). The molecular weight excluding hydrogens is 287 g/mol. The zero-order valence-electron chi connectivity index (χ0n) is 11.9. The van der Waals surface area contributed by atoms with Crippen LogP contribution in [0.1, 0.15) is 27.0 Å². The number of rotatable bonds is 4. The van der Waals surface area contributed by atoms with Crippen molar-refractivity contribution in [2.75, 3.05) is 0 Å². The third-order valence-electron chi connectivity index (χ3n) is 3.17. The SMILES string of the molecule is Cc1ccc(C)c(SCc2cc(C(=O)NN)ccc2F)c1. The molecule has 0 heterocycles. The summed E-state index contributed by atoms with van der Waals surface area (Å²) < 4.78 is 13.8. The van der Waals surface area contributed by atoms with Gasteiger partial charge in [0, 0.05) is 16.2 Å². The molecule has 0 fully saturated rings. The molecule has 0 unspecified atom stereocenters. The number of benzene rings is 2. The van der Waals surface area contributed by atoms with Gasteiger partial charge in [-0.25, -0.2) is 10.2 Å². The number of nitrogens with two attached hydrogens (primary N) is 1. The Morgan fingerprint density at radius 3 is 2.71 bits per heavy atom. The summed E-state index contributed by atoms with van der Waals surface area (Å²) in [6, 6.07) is 10.4. The Morgan fingerprint density at radius 1 is 1.24 bits per heavy atom. The highest BCUT2D eigenvalue weighted by molar-refractivity contribution is 7.98. The average molecular weight is 304 g/mol. The van der Waals surface area contributed by atoms with E-state index in [-0.39, 0.29) is 5.82 Å². The monoisotopic (exact) mass is 304 g/mol. The Balaban J connectivity index is 2.19. The summed E-state index contributed by atoms with van der Waals surface area (Å²) in [6.45, 7) is 4.05. The first-order valence-electron chi connectivity index (χ1n) is 6.50. The highest BCUT2D eigenvalue weighted by Gasteiger charge is 2.10. The molecule has 21 heavy (non-hydrogen) atoms. The predicted molar refractivity (Wildman–Crippen MR) is 83.5 cm³/mol. The van der Waals surface area contributed by atoms with E-state index in [9.17, 15) is 9.18 Å². The largest absolute Gasteiger partial charge is 0.290 e. The van der Waals surface area contributed by atoms with Crippen molar-refractivity contribution in [3.05, 3.63) is 64.5 Å². The van der Waals surface area contributed by atoms with E-state index in [2.05, 4.69) is 11.5 Å². The number of amides is 1. The standard InChI is InChI=1S/C16H17FN2OS/c1-10-3-4-11(2)15(7-10)21-9-13-8-12(16(20)19-18)5-6-14(13)17/h3-8H,9,18H2,1-2H3,(H,19,20). The van der Waals surface area contributed by atoms with Gasteiger partial charge in [0.25, 0.3) is 5.91 Å². The van der Waals surface area contributed by atoms with Gasteiger partial charge in [0.15, 0.2) is 0 Å². The summed E-state index contributed by atoms with van der Waals surface area (Å²) in [5.41, 5.74) is 5.22. The van der Waals surface area contributed by atoms with Crippen LogP contribution < -0.4 is 11.3 Å². The van der Waals surface area contributed by atoms with Crippen LogP contribution in [0.25, 0.3) is 0 Å². The summed E-state index contributed by atoms with van der Waals surface area (Å²) in [4.78, 5) is 12.6. The Labute approximate surface area is 127 Å². The Morgan fingerprint density at radius 2 is 2.00 bits per heavy atom. The molecule has 0 aliphatic heterocycles. The quantitative estimate of drug-likeness (QED) is 0.394. The van der Waals surface area contributed by atoms with Crippen LogP contribution in [0.5, 0.6) is 0 Å². The van der Waals surface area contributed by atoms with E-state index in [1.165, 1.54) is 23.8 Å². The maximum atomic E-state index is 13.8. The summed E-state index contributed by atoms with van der Waals surface area (Å²) in [6.07, 6.45) is 0. The molecule has 0 saturated carbocycles. The zero-order chi connectivity index (χ0) is 15.4. The van der Waals surface area contributed by atoms with Gasteiger partial charge < -0.3 is 0 Å². The molecule has 0 aliphatic rings. The van der Waals surface area contributed by atoms with E-state index >= 15 is 0 Å². The minimum absolute atomic E-state index is 0.318. The van der Waals surface area contributed by atoms with Crippen molar-refractivity contribution in [1.29, 1.82) is 0 Å². The molecule has 3 N–H and O–H groups in total. The second kappa shape index (κ2) is 6.74. The Hall–Kier alpha value is -1.85. The van der Waals surface area contributed by atoms with Crippen LogP contribution in [0.4, 0.5) is 4.39 Å². The lowest BCUT2D eigenvalue weighted by Gasteiger charge is -2.09. The summed E-state index contributed by atoms with van der Waals surface area (Å²) in [5, 5.41) is 0. The lowest BCUT2D eigenvalue weighted by atomic mass is 10.1. The maximum absolute atomic E-state index is 13.8. The number of carbonyl (C=O) groups excluding carboxylic acids is 1. The fraction of sp³-hybridized carbons (Fsp3) is 0.188. The maximum Gasteiger partial charge on any atom is 0.265 e. The van der Waals surface area contributed by atoms with Crippen molar-refractivity contribution in [1.82, 2.24) is 5.43 Å². The van der Waals surface area contributed by atoms with Crippen LogP contribution in [-0.2, 0) is 5.75 Å². The number of nitrogen functional groups attached to an aromatic ring is 1. The van der Waals surface area contributed by atoms with Crippen molar-refractivity contribution in [3.8, 4) is 0 Å². The van der Waals surface area contributed by atoms with Crippen molar-refractivity contribution < 1.29 is 9.18 Å². The molecule has 0 aromatic heterocycles. The van der Waals surface area contributed by atoms with Crippen molar-refractivity contribution in [2.24, 2.45) is 5.84 Å². The molecule has 0 aliphatic carbocycles. The second-order valence-electron chi connectivity index (χ2n) is 4.84. The van der Waals surface area contributed by atoms with Gasteiger partial charge >= 0.3 is 0 Å². The topological polar surface area (TPSA) is 55.1 Å². The zero-order valence-corrected chi connectivity index (χ0v) is 12.8. The molecule has 3 nitrogen and oxygen atoms in total. The molecule has 2 aromatic rings. The van der Waals surface area contributed by atoms with Gasteiger partial charge in [-0.2, -0.15) is 0 Å². The number of aryl methyl sites for hydroxylation is 2. The molecule has 0 atom stereocenters. The van der Waals surface area contributed by atoms with Crippen molar-refractivity contribution >= 4 is 17.7 Å². The van der Waals surface area contributed by atoms with Gasteiger partial charge in [0.05, 0.1) is 0 Å². The predicted octanol–water partition coefficient (Wildman–Crippen LogP) is 3.34. The lowest BCUT2D eigenvalue weighted by Crippen LogP contribution is -2.30. The van der Waals surface area contributed by atoms with Crippen LogP contribution in [-0.4, -0.2) is 5.91 Å². The van der Waals surface area contributed by atoms with Crippen LogP contribution in [0, 0.1) is 19.7 Å².